The second kappa shape index (κ2) is 11.3. The van der Waals surface area contributed by atoms with Crippen LogP contribution in [0.1, 0.15) is 66.7 Å². The number of hydrogen-bond acceptors (Lipinski definition) is 8. The van der Waals surface area contributed by atoms with E-state index in [4.69, 9.17) is 19.7 Å². The number of aliphatic imine (C=N–C) groups is 3. The quantitative estimate of drug-likeness (QED) is 0.229. The molecule has 0 aromatic carbocycles. The number of ether oxygens (including phenoxy) is 1. The fraction of sp³-hybridized carbons (Fsp3) is 0.389. The van der Waals surface area contributed by atoms with Gasteiger partial charge in [0.25, 0.3) is 0 Å². The lowest BCUT2D eigenvalue weighted by Crippen LogP contribution is -2.16. The Kier molecular flexibility index (Phi) is 7.66. The normalized spacial score (nSPS) is 24.3. The molecule has 5 heterocycles. The van der Waals surface area contributed by atoms with Crippen molar-refractivity contribution in [3.05, 3.63) is 104 Å². The van der Waals surface area contributed by atoms with Gasteiger partial charge in [-0.25, -0.2) is 15.0 Å². The third kappa shape index (κ3) is 4.54. The number of methoxy groups -OCH3 is 1. The number of nitrogens with one attached hydrogen (secondary N) is 1. The fourth-order valence-corrected chi connectivity index (χ4v) is 7.35. The van der Waals surface area contributed by atoms with E-state index in [1.807, 2.05) is 32.1 Å². The van der Waals surface area contributed by atoms with Gasteiger partial charge >= 0.3 is 5.97 Å². The topological polar surface area (TPSA) is 116 Å². The average Bonchev–Trinajstić information content (AvgIpc) is 3.76. The van der Waals surface area contributed by atoms with Crippen LogP contribution in [0.2, 0.25) is 0 Å². The van der Waals surface area contributed by atoms with E-state index in [-0.39, 0.29) is 30.8 Å². The maximum absolute atomic E-state index is 12.3. The second-order valence-corrected chi connectivity index (χ2v) is 12.1. The summed E-state index contributed by atoms with van der Waals surface area (Å²) < 4.78 is 5.00. The van der Waals surface area contributed by atoms with Crippen LogP contribution in [0.3, 0.4) is 0 Å². The summed E-state index contributed by atoms with van der Waals surface area (Å²) in [5.74, 6) is 0.0227. The number of rotatable bonds is 7. The second-order valence-electron chi connectivity index (χ2n) is 12.1. The highest BCUT2D eigenvalue weighted by Crippen LogP contribution is 2.47. The van der Waals surface area contributed by atoms with Crippen molar-refractivity contribution in [2.24, 2.45) is 26.8 Å². The molecule has 0 spiro atoms. The molecule has 6 rings (SSSR count). The van der Waals surface area contributed by atoms with Crippen molar-refractivity contribution in [3.63, 3.8) is 0 Å². The summed E-state index contributed by atoms with van der Waals surface area (Å²) in [6.07, 6.45) is 8.46. The monoisotopic (exact) mass is 592 g/mol. The SMILES string of the molecule is C=CCC1=C2NC(=C3CC(O)=C4C3=NC(=C4C)C=C3N=C(C=C4N=C1C(C)=C4CO)C(C)=C3CC)[C@@H](CCC(=O)OC)[C@@H]2C. The van der Waals surface area contributed by atoms with Crippen LogP contribution >= 0.6 is 0 Å². The predicted octanol–water partition coefficient (Wildman–Crippen LogP) is 6.55. The predicted molar refractivity (Wildman–Crippen MR) is 174 cm³/mol. The van der Waals surface area contributed by atoms with Gasteiger partial charge in [0.05, 0.1) is 47.9 Å². The zero-order valence-corrected chi connectivity index (χ0v) is 26.4. The fourth-order valence-electron chi connectivity index (χ4n) is 7.35. The van der Waals surface area contributed by atoms with E-state index in [9.17, 15) is 15.0 Å². The van der Waals surface area contributed by atoms with E-state index in [0.717, 1.165) is 90.9 Å². The van der Waals surface area contributed by atoms with Crippen molar-refractivity contribution >= 4 is 23.1 Å². The molecule has 1 aliphatic carbocycles. The van der Waals surface area contributed by atoms with Gasteiger partial charge in [-0.1, -0.05) is 19.9 Å². The number of carbonyl (C=O) groups is 1. The molecule has 0 radical (unpaired) electrons. The van der Waals surface area contributed by atoms with Crippen molar-refractivity contribution in [3.8, 4) is 0 Å². The molecule has 8 nitrogen and oxygen atoms in total. The van der Waals surface area contributed by atoms with Gasteiger partial charge in [0.1, 0.15) is 5.76 Å². The smallest absolute Gasteiger partial charge is 0.305 e. The molecular formula is C36H40N4O4. The van der Waals surface area contributed by atoms with Crippen LogP contribution in [0.25, 0.3) is 0 Å². The number of fused-ring (bicyclic) bond motifs is 5. The third-order valence-electron chi connectivity index (χ3n) is 9.81. The number of esters is 1. The van der Waals surface area contributed by atoms with Gasteiger partial charge in [-0.3, -0.25) is 4.79 Å². The summed E-state index contributed by atoms with van der Waals surface area (Å²) in [6.45, 7) is 14.3. The minimum absolute atomic E-state index is 0.00964. The maximum Gasteiger partial charge on any atom is 0.305 e. The largest absolute Gasteiger partial charge is 0.511 e. The van der Waals surface area contributed by atoms with E-state index in [1.54, 1.807) is 0 Å². The van der Waals surface area contributed by atoms with Crippen molar-refractivity contribution in [2.75, 3.05) is 13.7 Å². The van der Waals surface area contributed by atoms with Crippen LogP contribution < -0.4 is 5.32 Å². The molecule has 0 unspecified atom stereocenters. The highest BCUT2D eigenvalue weighted by molar-refractivity contribution is 6.21. The minimum Gasteiger partial charge on any atom is -0.511 e. The first-order valence-electron chi connectivity index (χ1n) is 15.4. The molecule has 0 amide bonds. The average molecular weight is 593 g/mol. The van der Waals surface area contributed by atoms with E-state index < -0.39 is 0 Å². The van der Waals surface area contributed by atoms with Gasteiger partial charge in [-0.05, 0) is 74.5 Å². The van der Waals surface area contributed by atoms with E-state index in [2.05, 4.69) is 32.7 Å². The van der Waals surface area contributed by atoms with Crippen molar-refractivity contribution in [1.29, 1.82) is 0 Å². The Balaban J connectivity index is 1.65. The Morgan fingerprint density at radius 1 is 1.05 bits per heavy atom. The molecule has 0 aromatic heterocycles. The van der Waals surface area contributed by atoms with Crippen molar-refractivity contribution < 1.29 is 19.7 Å². The lowest BCUT2D eigenvalue weighted by molar-refractivity contribution is -0.140. The molecule has 8 bridgehead atoms. The first-order chi connectivity index (χ1) is 21.1. The van der Waals surface area contributed by atoms with Crippen LogP contribution in [-0.4, -0.2) is 47.0 Å². The number of aliphatic hydroxyl groups is 2. The molecule has 6 aliphatic rings. The van der Waals surface area contributed by atoms with Gasteiger partial charge in [0, 0.05) is 58.4 Å². The lowest BCUT2D eigenvalue weighted by atomic mass is 9.84. The van der Waals surface area contributed by atoms with Crippen LogP contribution in [0, 0.1) is 11.8 Å². The van der Waals surface area contributed by atoms with Crippen molar-refractivity contribution in [2.45, 2.75) is 66.7 Å². The molecule has 3 N–H and O–H groups in total. The summed E-state index contributed by atoms with van der Waals surface area (Å²) in [5.41, 5.74) is 14.3. The Bertz CT molecular complexity index is 1760. The number of nitrogens with zero attached hydrogens (tertiary/aromatic N) is 3. The molecule has 2 atom stereocenters. The van der Waals surface area contributed by atoms with E-state index in [1.165, 1.54) is 7.11 Å². The summed E-state index contributed by atoms with van der Waals surface area (Å²) in [5, 5.41) is 25.6. The highest BCUT2D eigenvalue weighted by atomic mass is 16.5. The summed E-state index contributed by atoms with van der Waals surface area (Å²) in [4.78, 5) is 27.6. The van der Waals surface area contributed by atoms with E-state index in [0.29, 0.717) is 30.7 Å². The van der Waals surface area contributed by atoms with Crippen molar-refractivity contribution in [1.82, 2.24) is 5.32 Å². The molecule has 8 heteroatoms. The number of hydrogen-bond donors (Lipinski definition) is 3. The van der Waals surface area contributed by atoms with Gasteiger partial charge in [-0.15, -0.1) is 6.58 Å². The molecule has 0 saturated carbocycles. The van der Waals surface area contributed by atoms with Gasteiger partial charge in [-0.2, -0.15) is 0 Å². The molecule has 0 aromatic rings. The first kappa shape index (κ1) is 29.8. The van der Waals surface area contributed by atoms with Gasteiger partial charge in [0.2, 0.25) is 0 Å². The van der Waals surface area contributed by atoms with Crippen LogP contribution in [-0.2, 0) is 9.53 Å². The van der Waals surface area contributed by atoms with Gasteiger partial charge in [0.15, 0.2) is 0 Å². The Morgan fingerprint density at radius 3 is 2.48 bits per heavy atom. The number of allylic oxidation sites excluding steroid dienone is 12. The zero-order valence-electron chi connectivity index (χ0n) is 26.4. The molecule has 1 fully saturated rings. The minimum atomic E-state index is -0.255. The van der Waals surface area contributed by atoms with Crippen LogP contribution in [0.5, 0.6) is 0 Å². The van der Waals surface area contributed by atoms with Crippen LogP contribution in [0.15, 0.2) is 119 Å². The Morgan fingerprint density at radius 2 is 1.80 bits per heavy atom. The summed E-state index contributed by atoms with van der Waals surface area (Å²) in [7, 11) is 1.41. The standard InChI is InChI=1S/C36H40N4O4/c1-8-10-23-33-19(5)25(16-41)29(39-33)14-26-17(3)21(9-2)28(37-26)15-27-20(6)32-30(42)13-24(36(32)38-27)35-22(11-12-31(43)44-7)18(4)34(23)40-35/h8,14-15,18,22,40-42H,1,9-13,16H2,2-7H3/t18-,22-/m0/s1. The zero-order chi connectivity index (χ0) is 31.4. The molecular weight excluding hydrogens is 552 g/mol. The van der Waals surface area contributed by atoms with E-state index >= 15 is 0 Å². The number of carbonyl (C=O) groups excluding carboxylic acids is 1. The Labute approximate surface area is 258 Å². The lowest BCUT2D eigenvalue weighted by Gasteiger charge is -2.18. The molecule has 228 valence electrons. The summed E-state index contributed by atoms with van der Waals surface area (Å²) >= 11 is 0. The van der Waals surface area contributed by atoms with Crippen LogP contribution in [0.4, 0.5) is 0 Å². The first-order valence-corrected chi connectivity index (χ1v) is 15.4. The summed E-state index contributed by atoms with van der Waals surface area (Å²) in [6, 6.07) is 0. The third-order valence-corrected chi connectivity index (χ3v) is 9.81. The maximum atomic E-state index is 12.3. The molecule has 1 saturated heterocycles. The highest BCUT2D eigenvalue weighted by Gasteiger charge is 2.42. The molecule has 5 aliphatic heterocycles. The molecule has 44 heavy (non-hydrogen) atoms. The Hall–Kier alpha value is -4.30. The van der Waals surface area contributed by atoms with Gasteiger partial charge < -0.3 is 20.3 Å². The number of aliphatic hydroxyl groups excluding tert-OH is 2.